The number of aliphatic imine (C=N–C) groups is 1. The molecule has 1 aromatic rings. The van der Waals surface area contributed by atoms with Gasteiger partial charge in [-0.25, -0.2) is 4.99 Å². The Labute approximate surface area is 100 Å². The molecule has 1 aromatic carbocycles. The third-order valence-corrected chi connectivity index (χ3v) is 2.58. The summed E-state index contributed by atoms with van der Waals surface area (Å²) in [6.07, 6.45) is 0. The average Bonchev–Trinajstić information content (AvgIpc) is 2.61. The molecule has 1 unspecified atom stereocenters. The summed E-state index contributed by atoms with van der Waals surface area (Å²) < 4.78 is 0. The number of rotatable bonds is 2. The fourth-order valence-corrected chi connectivity index (χ4v) is 1.56. The summed E-state index contributed by atoms with van der Waals surface area (Å²) in [4.78, 5) is 6.44. The van der Waals surface area contributed by atoms with Gasteiger partial charge in [0.05, 0.1) is 5.69 Å². The summed E-state index contributed by atoms with van der Waals surface area (Å²) in [6.45, 7) is 1.89. The number of benzene rings is 1. The number of nitrogens with zero attached hydrogens (tertiary/aromatic N) is 4. The van der Waals surface area contributed by atoms with E-state index in [1.54, 1.807) is 0 Å². The molecule has 0 saturated heterocycles. The van der Waals surface area contributed by atoms with Gasteiger partial charge < -0.3 is 4.90 Å². The van der Waals surface area contributed by atoms with E-state index in [-0.39, 0.29) is 11.9 Å². The van der Waals surface area contributed by atoms with E-state index in [4.69, 9.17) is 5.41 Å². The zero-order valence-corrected chi connectivity index (χ0v) is 10.2. The van der Waals surface area contributed by atoms with Crippen molar-refractivity contribution in [3.63, 3.8) is 0 Å². The summed E-state index contributed by atoms with van der Waals surface area (Å²) >= 11 is 0. The standard InChI is InChI=1S/C12H15N5/c1-8-11(12(13)16-15-8)14-9-4-6-10(7-5-9)17(2)3/h4-8,13H,1-3H3. The Bertz CT molecular complexity index is 484. The highest BCUT2D eigenvalue weighted by Crippen LogP contribution is 2.20. The molecule has 0 radical (unpaired) electrons. The predicted octanol–water partition coefficient (Wildman–Crippen LogP) is 2.66. The van der Waals surface area contributed by atoms with Gasteiger partial charge in [0.25, 0.3) is 0 Å². The number of hydrogen-bond donors (Lipinski definition) is 1. The van der Waals surface area contributed by atoms with Crippen molar-refractivity contribution >= 4 is 22.9 Å². The Kier molecular flexibility index (Phi) is 2.99. The van der Waals surface area contributed by atoms with Crippen LogP contribution in [0.5, 0.6) is 0 Å². The Morgan fingerprint density at radius 2 is 1.88 bits per heavy atom. The maximum atomic E-state index is 7.60. The summed E-state index contributed by atoms with van der Waals surface area (Å²) in [7, 11) is 3.99. The molecule has 0 aromatic heterocycles. The van der Waals surface area contributed by atoms with Crippen LogP contribution in [0.1, 0.15) is 6.92 Å². The van der Waals surface area contributed by atoms with Gasteiger partial charge in [-0.1, -0.05) is 0 Å². The molecule has 88 valence electrons. The summed E-state index contributed by atoms with van der Waals surface area (Å²) in [5.41, 5.74) is 2.58. The van der Waals surface area contributed by atoms with Crippen molar-refractivity contribution in [2.75, 3.05) is 19.0 Å². The second kappa shape index (κ2) is 4.45. The number of nitrogens with one attached hydrogen (secondary N) is 1. The summed E-state index contributed by atoms with van der Waals surface area (Å²) in [5.74, 6) is 0.161. The van der Waals surface area contributed by atoms with Crippen LogP contribution >= 0.6 is 0 Å². The van der Waals surface area contributed by atoms with E-state index < -0.39 is 0 Å². The van der Waals surface area contributed by atoms with Crippen molar-refractivity contribution in [1.29, 1.82) is 5.41 Å². The number of hydrogen-bond acceptors (Lipinski definition) is 4. The first-order valence-electron chi connectivity index (χ1n) is 5.43. The molecule has 1 heterocycles. The largest absolute Gasteiger partial charge is 0.378 e. The maximum Gasteiger partial charge on any atom is 0.190 e. The second-order valence-corrected chi connectivity index (χ2v) is 4.15. The number of anilines is 1. The van der Waals surface area contributed by atoms with E-state index in [1.807, 2.05) is 50.2 Å². The van der Waals surface area contributed by atoms with E-state index in [0.29, 0.717) is 5.71 Å². The fourth-order valence-electron chi connectivity index (χ4n) is 1.56. The van der Waals surface area contributed by atoms with Crippen LogP contribution in [-0.4, -0.2) is 31.7 Å². The fraction of sp³-hybridized carbons (Fsp3) is 0.333. The molecule has 2 rings (SSSR count). The Balaban J connectivity index is 2.25. The van der Waals surface area contributed by atoms with E-state index in [1.165, 1.54) is 0 Å². The first kappa shape index (κ1) is 11.4. The first-order chi connectivity index (χ1) is 8.08. The number of amidine groups is 1. The molecule has 5 nitrogen and oxygen atoms in total. The zero-order chi connectivity index (χ0) is 12.4. The van der Waals surface area contributed by atoms with Crippen molar-refractivity contribution in [1.82, 2.24) is 0 Å². The maximum absolute atomic E-state index is 7.60. The molecule has 17 heavy (non-hydrogen) atoms. The minimum atomic E-state index is -0.115. The lowest BCUT2D eigenvalue weighted by Gasteiger charge is -2.11. The predicted molar refractivity (Wildman–Crippen MR) is 69.9 cm³/mol. The first-order valence-corrected chi connectivity index (χ1v) is 5.43. The highest BCUT2D eigenvalue weighted by Gasteiger charge is 2.21. The average molecular weight is 229 g/mol. The van der Waals surface area contributed by atoms with Gasteiger partial charge in [-0.3, -0.25) is 5.41 Å². The van der Waals surface area contributed by atoms with Crippen LogP contribution in [0.4, 0.5) is 11.4 Å². The van der Waals surface area contributed by atoms with Crippen molar-refractivity contribution < 1.29 is 0 Å². The molecule has 5 heteroatoms. The van der Waals surface area contributed by atoms with E-state index in [2.05, 4.69) is 15.2 Å². The zero-order valence-electron chi connectivity index (χ0n) is 10.2. The molecule has 0 amide bonds. The molecule has 0 spiro atoms. The van der Waals surface area contributed by atoms with Crippen LogP contribution in [0, 0.1) is 5.41 Å². The van der Waals surface area contributed by atoms with Crippen molar-refractivity contribution in [2.24, 2.45) is 15.2 Å². The molecule has 0 bridgehead atoms. The molecule has 1 N–H and O–H groups in total. The lowest BCUT2D eigenvalue weighted by atomic mass is 10.2. The van der Waals surface area contributed by atoms with Crippen LogP contribution in [0.15, 0.2) is 39.5 Å². The van der Waals surface area contributed by atoms with Gasteiger partial charge in [-0.2, -0.15) is 5.11 Å². The summed E-state index contributed by atoms with van der Waals surface area (Å²) in [5, 5.41) is 15.2. The van der Waals surface area contributed by atoms with Crippen LogP contribution < -0.4 is 4.90 Å². The molecule has 0 fully saturated rings. The SMILES string of the molecule is CC1N=NC(=N)C1=Nc1ccc(N(C)C)cc1. The van der Waals surface area contributed by atoms with Crippen LogP contribution in [0.25, 0.3) is 0 Å². The van der Waals surface area contributed by atoms with Gasteiger partial charge in [0, 0.05) is 19.8 Å². The third-order valence-electron chi connectivity index (χ3n) is 2.58. The second-order valence-electron chi connectivity index (χ2n) is 4.15. The highest BCUT2D eigenvalue weighted by molar-refractivity contribution is 6.44. The topological polar surface area (TPSA) is 64.2 Å². The lowest BCUT2D eigenvalue weighted by Crippen LogP contribution is -2.15. The minimum absolute atomic E-state index is 0.115. The quantitative estimate of drug-likeness (QED) is 0.832. The minimum Gasteiger partial charge on any atom is -0.378 e. The molecule has 0 saturated carbocycles. The molecule has 1 atom stereocenters. The van der Waals surface area contributed by atoms with E-state index >= 15 is 0 Å². The van der Waals surface area contributed by atoms with Crippen molar-refractivity contribution in [3.05, 3.63) is 24.3 Å². The number of azo groups is 1. The third kappa shape index (κ3) is 2.38. The van der Waals surface area contributed by atoms with Gasteiger partial charge in [0.2, 0.25) is 0 Å². The van der Waals surface area contributed by atoms with Crippen LogP contribution in [0.3, 0.4) is 0 Å². The smallest absolute Gasteiger partial charge is 0.190 e. The van der Waals surface area contributed by atoms with E-state index in [9.17, 15) is 0 Å². The van der Waals surface area contributed by atoms with Gasteiger partial charge in [-0.05, 0) is 31.2 Å². The molecule has 1 aliphatic rings. The van der Waals surface area contributed by atoms with Gasteiger partial charge in [0.1, 0.15) is 11.8 Å². The summed E-state index contributed by atoms with van der Waals surface area (Å²) in [6, 6.07) is 7.74. The van der Waals surface area contributed by atoms with Crippen molar-refractivity contribution in [3.8, 4) is 0 Å². The Hall–Kier alpha value is -2.04. The van der Waals surface area contributed by atoms with Crippen molar-refractivity contribution in [2.45, 2.75) is 13.0 Å². The highest BCUT2D eigenvalue weighted by atomic mass is 15.2. The Morgan fingerprint density at radius 1 is 1.24 bits per heavy atom. The van der Waals surface area contributed by atoms with Gasteiger partial charge in [0.15, 0.2) is 5.84 Å². The Morgan fingerprint density at radius 3 is 2.35 bits per heavy atom. The monoisotopic (exact) mass is 229 g/mol. The van der Waals surface area contributed by atoms with Crippen LogP contribution in [-0.2, 0) is 0 Å². The lowest BCUT2D eigenvalue weighted by molar-refractivity contribution is 0.940. The van der Waals surface area contributed by atoms with Gasteiger partial charge >= 0.3 is 0 Å². The molecule has 1 aliphatic heterocycles. The molecular weight excluding hydrogens is 214 g/mol. The van der Waals surface area contributed by atoms with Gasteiger partial charge in [-0.15, -0.1) is 5.11 Å². The molecule has 0 aliphatic carbocycles. The normalized spacial score (nSPS) is 21.2. The molecular formula is C12H15N5. The van der Waals surface area contributed by atoms with E-state index in [0.717, 1.165) is 11.4 Å². The van der Waals surface area contributed by atoms with Crippen LogP contribution in [0.2, 0.25) is 0 Å².